The molecule has 2 aliphatic heterocycles. The Balaban J connectivity index is 1.69. The highest BCUT2D eigenvalue weighted by molar-refractivity contribution is 6.09. The summed E-state index contributed by atoms with van der Waals surface area (Å²) in [5.41, 5.74) is 1.76. The van der Waals surface area contributed by atoms with E-state index in [9.17, 15) is 9.59 Å². The third-order valence-corrected chi connectivity index (χ3v) is 5.90. The summed E-state index contributed by atoms with van der Waals surface area (Å²) in [6.45, 7) is 10.1. The average molecular weight is 437 g/mol. The van der Waals surface area contributed by atoms with Gasteiger partial charge >= 0.3 is 6.09 Å². The van der Waals surface area contributed by atoms with E-state index in [-0.39, 0.29) is 18.0 Å². The zero-order valence-electron chi connectivity index (χ0n) is 19.4. The molecule has 1 saturated heterocycles. The quantitative estimate of drug-likeness (QED) is 0.695. The summed E-state index contributed by atoms with van der Waals surface area (Å²) in [5.74, 6) is 0.652. The molecule has 1 fully saturated rings. The van der Waals surface area contributed by atoms with Crippen molar-refractivity contribution in [3.05, 3.63) is 53.7 Å². The fourth-order valence-electron chi connectivity index (χ4n) is 4.36. The monoisotopic (exact) mass is 436 g/mol. The molecule has 0 spiro atoms. The second-order valence-electron chi connectivity index (χ2n) is 9.57. The predicted molar refractivity (Wildman–Crippen MR) is 125 cm³/mol. The Bertz CT molecular complexity index is 995. The molecular formula is C25H32N4O3. The Morgan fingerprint density at radius 2 is 1.78 bits per heavy atom. The molecule has 0 radical (unpaired) electrons. The number of benzene rings is 1. The van der Waals surface area contributed by atoms with Crippen molar-refractivity contribution < 1.29 is 14.3 Å². The zero-order valence-corrected chi connectivity index (χ0v) is 19.4. The van der Waals surface area contributed by atoms with Crippen molar-refractivity contribution in [3.63, 3.8) is 0 Å². The number of anilines is 2. The Kier molecular flexibility index (Phi) is 6.09. The number of para-hydroxylation sites is 1. The minimum atomic E-state index is -0.585. The number of nitrogens with zero attached hydrogens (tertiary/aromatic N) is 4. The number of carbonyl (C=O) groups is 2. The number of hydrogen-bond donors (Lipinski definition) is 0. The van der Waals surface area contributed by atoms with Gasteiger partial charge in [0.1, 0.15) is 11.4 Å². The topological polar surface area (TPSA) is 66.0 Å². The number of fused-ring (bicyclic) bond motifs is 1. The lowest BCUT2D eigenvalue weighted by Gasteiger charge is -2.31. The molecule has 32 heavy (non-hydrogen) atoms. The summed E-state index contributed by atoms with van der Waals surface area (Å²) in [6.07, 6.45) is 3.60. The number of rotatable bonds is 2. The van der Waals surface area contributed by atoms with Crippen molar-refractivity contribution in [1.29, 1.82) is 0 Å². The molecule has 1 atom stereocenters. The van der Waals surface area contributed by atoms with E-state index in [1.54, 1.807) is 16.0 Å². The number of carbonyl (C=O) groups excluding carboxylic acids is 2. The molecule has 1 unspecified atom stereocenters. The maximum atomic E-state index is 13.9. The average Bonchev–Trinajstić information content (AvgIpc) is 3.24. The highest BCUT2D eigenvalue weighted by Gasteiger charge is 2.34. The molecule has 0 N–H and O–H groups in total. The number of hydrogen-bond acceptors (Lipinski definition) is 5. The van der Waals surface area contributed by atoms with Crippen LogP contribution in [0, 0.1) is 0 Å². The first-order valence-electron chi connectivity index (χ1n) is 11.3. The second-order valence-corrected chi connectivity index (χ2v) is 9.57. The van der Waals surface area contributed by atoms with Crippen LogP contribution in [0.2, 0.25) is 0 Å². The lowest BCUT2D eigenvalue weighted by Crippen LogP contribution is -2.46. The molecule has 0 saturated carbocycles. The summed E-state index contributed by atoms with van der Waals surface area (Å²) in [5, 5.41) is 0. The van der Waals surface area contributed by atoms with Crippen molar-refractivity contribution in [1.82, 2.24) is 9.88 Å². The molecule has 1 aromatic heterocycles. The van der Waals surface area contributed by atoms with Gasteiger partial charge in [0.15, 0.2) is 0 Å². The van der Waals surface area contributed by atoms with Crippen LogP contribution < -0.4 is 9.80 Å². The fourth-order valence-corrected chi connectivity index (χ4v) is 4.36. The number of ether oxygens (including phenoxy) is 1. The molecule has 7 nitrogen and oxygen atoms in total. The SMILES string of the molecule is CC1CN(C(=O)c2cccnc2N2CCCC2)c2ccccc2CN1C(=O)OC(C)(C)C. The minimum Gasteiger partial charge on any atom is -0.444 e. The number of aromatic nitrogens is 1. The van der Waals surface area contributed by atoms with Gasteiger partial charge in [0, 0.05) is 31.5 Å². The molecule has 7 heteroatoms. The van der Waals surface area contributed by atoms with E-state index in [0.717, 1.165) is 43.0 Å². The maximum absolute atomic E-state index is 13.9. The Labute approximate surface area is 190 Å². The van der Waals surface area contributed by atoms with Crippen molar-refractivity contribution in [2.24, 2.45) is 0 Å². The third kappa shape index (κ3) is 4.56. The van der Waals surface area contributed by atoms with Crippen LogP contribution in [0.4, 0.5) is 16.3 Å². The zero-order chi connectivity index (χ0) is 22.9. The minimum absolute atomic E-state index is 0.0923. The highest BCUT2D eigenvalue weighted by Crippen LogP contribution is 2.31. The van der Waals surface area contributed by atoms with Crippen LogP contribution in [-0.2, 0) is 11.3 Å². The van der Waals surface area contributed by atoms with Gasteiger partial charge in [-0.05, 0) is 64.3 Å². The van der Waals surface area contributed by atoms with Crippen LogP contribution in [0.1, 0.15) is 56.5 Å². The van der Waals surface area contributed by atoms with Gasteiger partial charge in [0.05, 0.1) is 18.2 Å². The van der Waals surface area contributed by atoms with Gasteiger partial charge in [-0.15, -0.1) is 0 Å². The van der Waals surface area contributed by atoms with E-state index in [2.05, 4.69) is 9.88 Å². The first kappa shape index (κ1) is 22.1. The molecule has 2 amide bonds. The molecule has 3 heterocycles. The van der Waals surface area contributed by atoms with Crippen molar-refractivity contribution >= 4 is 23.5 Å². The molecule has 2 aromatic rings. The first-order chi connectivity index (χ1) is 15.2. The fraction of sp³-hybridized carbons (Fsp3) is 0.480. The van der Waals surface area contributed by atoms with Gasteiger partial charge in [-0.25, -0.2) is 9.78 Å². The number of pyridine rings is 1. The third-order valence-electron chi connectivity index (χ3n) is 5.90. The second kappa shape index (κ2) is 8.81. The van der Waals surface area contributed by atoms with Crippen LogP contribution in [-0.4, -0.2) is 53.2 Å². The molecule has 2 aliphatic rings. The van der Waals surface area contributed by atoms with Crippen LogP contribution in [0.25, 0.3) is 0 Å². The van der Waals surface area contributed by atoms with Crippen molar-refractivity contribution in [2.45, 2.75) is 58.7 Å². The van der Waals surface area contributed by atoms with E-state index in [1.165, 1.54) is 0 Å². The van der Waals surface area contributed by atoms with Gasteiger partial charge in [-0.3, -0.25) is 9.69 Å². The Hall–Kier alpha value is -3.09. The van der Waals surface area contributed by atoms with Crippen LogP contribution in [0.3, 0.4) is 0 Å². The van der Waals surface area contributed by atoms with Gasteiger partial charge in [0.2, 0.25) is 0 Å². The summed E-state index contributed by atoms with van der Waals surface area (Å²) in [6, 6.07) is 11.2. The van der Waals surface area contributed by atoms with E-state index in [4.69, 9.17) is 4.74 Å². The molecular weight excluding hydrogens is 404 g/mol. The van der Waals surface area contributed by atoms with Gasteiger partial charge in [-0.1, -0.05) is 18.2 Å². The smallest absolute Gasteiger partial charge is 0.410 e. The highest BCUT2D eigenvalue weighted by atomic mass is 16.6. The Morgan fingerprint density at radius 1 is 1.06 bits per heavy atom. The molecule has 1 aromatic carbocycles. The number of amides is 2. The van der Waals surface area contributed by atoms with Crippen molar-refractivity contribution in [2.75, 3.05) is 29.4 Å². The summed E-state index contributed by atoms with van der Waals surface area (Å²) < 4.78 is 5.65. The van der Waals surface area contributed by atoms with Crippen LogP contribution in [0.5, 0.6) is 0 Å². The van der Waals surface area contributed by atoms with Gasteiger partial charge in [0.25, 0.3) is 5.91 Å². The lowest BCUT2D eigenvalue weighted by molar-refractivity contribution is 0.0167. The van der Waals surface area contributed by atoms with Gasteiger partial charge < -0.3 is 14.5 Å². The molecule has 4 rings (SSSR count). The van der Waals surface area contributed by atoms with Crippen LogP contribution >= 0.6 is 0 Å². The van der Waals surface area contributed by atoms with Crippen molar-refractivity contribution in [3.8, 4) is 0 Å². The molecule has 0 bridgehead atoms. The summed E-state index contributed by atoms with van der Waals surface area (Å²) >= 11 is 0. The summed E-state index contributed by atoms with van der Waals surface area (Å²) in [4.78, 5) is 37.1. The maximum Gasteiger partial charge on any atom is 0.410 e. The van der Waals surface area contributed by atoms with E-state index >= 15 is 0 Å². The van der Waals surface area contributed by atoms with E-state index in [0.29, 0.717) is 18.7 Å². The van der Waals surface area contributed by atoms with Crippen LogP contribution in [0.15, 0.2) is 42.6 Å². The Morgan fingerprint density at radius 3 is 2.50 bits per heavy atom. The summed E-state index contributed by atoms with van der Waals surface area (Å²) in [7, 11) is 0. The van der Waals surface area contributed by atoms with E-state index < -0.39 is 5.60 Å². The largest absolute Gasteiger partial charge is 0.444 e. The molecule has 170 valence electrons. The van der Waals surface area contributed by atoms with Gasteiger partial charge in [-0.2, -0.15) is 0 Å². The van der Waals surface area contributed by atoms with E-state index in [1.807, 2.05) is 64.1 Å². The molecule has 0 aliphatic carbocycles. The lowest BCUT2D eigenvalue weighted by atomic mass is 10.1. The normalized spacial score (nSPS) is 18.9. The standard InChI is InChI=1S/C25H32N4O3/c1-18-16-29(23(30)20-11-9-13-26-22(20)27-14-7-8-15-27)21-12-6-5-10-19(21)17-28(18)24(31)32-25(2,3)4/h5-6,9-13,18H,7-8,14-17H2,1-4H3. The predicted octanol–water partition coefficient (Wildman–Crippen LogP) is 4.47. The first-order valence-corrected chi connectivity index (χ1v) is 11.3.